The van der Waals surface area contributed by atoms with Gasteiger partial charge in [0.1, 0.15) is 6.54 Å². The van der Waals surface area contributed by atoms with E-state index in [1.165, 1.54) is 0 Å². The second-order valence-electron chi connectivity index (χ2n) is 5.70. The Morgan fingerprint density at radius 2 is 2.00 bits per heavy atom. The van der Waals surface area contributed by atoms with Gasteiger partial charge >= 0.3 is 5.97 Å². The van der Waals surface area contributed by atoms with Crippen molar-refractivity contribution in [3.05, 3.63) is 70.6 Å². The minimum atomic E-state index is -0.617. The summed E-state index contributed by atoms with van der Waals surface area (Å²) in [5.74, 6) is -0.536. The van der Waals surface area contributed by atoms with Crippen LogP contribution in [0.4, 0.5) is 0 Å². The smallest absolute Gasteiger partial charge is 0.325 e. The average Bonchev–Trinajstić information content (AvgIpc) is 3.13. The second kappa shape index (κ2) is 8.46. The van der Waals surface area contributed by atoms with Gasteiger partial charge in [-0.2, -0.15) is 4.98 Å². The highest BCUT2D eigenvalue weighted by Gasteiger charge is 2.14. The number of carbonyl (C=O) groups is 2. The first-order valence-corrected chi connectivity index (χ1v) is 8.48. The zero-order valence-electron chi connectivity index (χ0n) is 14.4. The number of amides is 1. The Morgan fingerprint density at radius 3 is 2.78 bits per heavy atom. The molecule has 0 saturated heterocycles. The Morgan fingerprint density at radius 1 is 1.19 bits per heavy atom. The summed E-state index contributed by atoms with van der Waals surface area (Å²) in [6.07, 6.45) is 0. The molecule has 1 heterocycles. The Labute approximate surface area is 160 Å². The topological polar surface area (TPSA) is 94.3 Å². The van der Waals surface area contributed by atoms with E-state index in [-0.39, 0.29) is 24.9 Å². The van der Waals surface area contributed by atoms with Crippen molar-refractivity contribution in [1.29, 1.82) is 0 Å². The maximum absolute atomic E-state index is 12.0. The molecule has 0 spiro atoms. The third kappa shape index (κ3) is 4.92. The lowest BCUT2D eigenvalue weighted by atomic mass is 10.1. The van der Waals surface area contributed by atoms with E-state index in [2.05, 4.69) is 15.5 Å². The van der Waals surface area contributed by atoms with Crippen LogP contribution in [0.15, 0.2) is 53.1 Å². The molecule has 3 aromatic rings. The van der Waals surface area contributed by atoms with Gasteiger partial charge in [-0.3, -0.25) is 9.59 Å². The number of ether oxygens (including phenoxy) is 1. The van der Waals surface area contributed by atoms with Crippen LogP contribution in [0.3, 0.4) is 0 Å². The van der Waals surface area contributed by atoms with Gasteiger partial charge in [0.2, 0.25) is 5.82 Å². The molecule has 0 bridgehead atoms. The largest absolute Gasteiger partial charge is 0.454 e. The quantitative estimate of drug-likeness (QED) is 0.655. The second-order valence-corrected chi connectivity index (χ2v) is 6.11. The summed E-state index contributed by atoms with van der Waals surface area (Å²) in [4.78, 5) is 27.9. The molecule has 0 aliphatic heterocycles. The molecule has 0 unspecified atom stereocenters. The van der Waals surface area contributed by atoms with Crippen molar-refractivity contribution in [2.24, 2.45) is 0 Å². The first kappa shape index (κ1) is 18.6. The van der Waals surface area contributed by atoms with Crippen LogP contribution in [-0.4, -0.2) is 28.6 Å². The summed E-state index contributed by atoms with van der Waals surface area (Å²) in [5.41, 5.74) is 2.05. The van der Waals surface area contributed by atoms with Gasteiger partial charge in [0.25, 0.3) is 11.8 Å². The van der Waals surface area contributed by atoms with Crippen LogP contribution < -0.4 is 5.32 Å². The SMILES string of the molecule is Cc1cccc(C(=O)NCC(=O)OCc2nc(-c3ccccc3Cl)no2)c1. The Bertz CT molecular complexity index is 971. The zero-order chi connectivity index (χ0) is 19.2. The van der Waals surface area contributed by atoms with Crippen LogP contribution in [0.1, 0.15) is 21.8 Å². The highest BCUT2D eigenvalue weighted by atomic mass is 35.5. The summed E-state index contributed by atoms with van der Waals surface area (Å²) >= 11 is 6.08. The molecular weight excluding hydrogens is 370 g/mol. The standard InChI is InChI=1S/C19H16ClN3O4/c1-12-5-4-6-13(9-12)19(25)21-10-17(24)26-11-16-22-18(23-27-16)14-7-2-3-8-15(14)20/h2-9H,10-11H2,1H3,(H,21,25). The normalized spacial score (nSPS) is 10.4. The lowest BCUT2D eigenvalue weighted by Gasteiger charge is -2.05. The number of nitrogens with zero attached hydrogens (tertiary/aromatic N) is 2. The molecule has 3 rings (SSSR count). The van der Waals surface area contributed by atoms with Crippen molar-refractivity contribution < 1.29 is 18.8 Å². The number of nitrogens with one attached hydrogen (secondary N) is 1. The van der Waals surface area contributed by atoms with Gasteiger partial charge in [-0.15, -0.1) is 0 Å². The molecule has 27 heavy (non-hydrogen) atoms. The van der Waals surface area contributed by atoms with E-state index in [4.69, 9.17) is 20.9 Å². The molecule has 0 atom stereocenters. The van der Waals surface area contributed by atoms with Gasteiger partial charge < -0.3 is 14.6 Å². The van der Waals surface area contributed by atoms with Crippen LogP contribution in [0, 0.1) is 6.92 Å². The Balaban J connectivity index is 1.50. The van der Waals surface area contributed by atoms with E-state index in [1.807, 2.05) is 13.0 Å². The van der Waals surface area contributed by atoms with Gasteiger partial charge in [-0.1, -0.05) is 46.6 Å². The highest BCUT2D eigenvalue weighted by molar-refractivity contribution is 6.33. The molecule has 0 radical (unpaired) electrons. The maximum atomic E-state index is 12.0. The predicted molar refractivity (Wildman–Crippen MR) is 98.1 cm³/mol. The first-order valence-electron chi connectivity index (χ1n) is 8.11. The van der Waals surface area contributed by atoms with E-state index in [0.717, 1.165) is 5.56 Å². The number of halogens is 1. The molecule has 7 nitrogen and oxygen atoms in total. The highest BCUT2D eigenvalue weighted by Crippen LogP contribution is 2.24. The number of benzene rings is 2. The summed E-state index contributed by atoms with van der Waals surface area (Å²) in [6.45, 7) is 1.42. The van der Waals surface area contributed by atoms with Crippen LogP contribution in [0.2, 0.25) is 5.02 Å². The summed E-state index contributed by atoms with van der Waals surface area (Å²) in [6, 6.07) is 14.1. The monoisotopic (exact) mass is 385 g/mol. The summed E-state index contributed by atoms with van der Waals surface area (Å²) < 4.78 is 10.1. The molecule has 1 amide bonds. The third-order valence-corrected chi connectivity index (χ3v) is 3.94. The van der Waals surface area contributed by atoms with Crippen LogP contribution in [0.5, 0.6) is 0 Å². The van der Waals surface area contributed by atoms with Gasteiger partial charge in [0, 0.05) is 11.1 Å². The van der Waals surface area contributed by atoms with Gasteiger partial charge in [0.05, 0.1) is 5.02 Å². The molecular formula is C19H16ClN3O4. The molecule has 8 heteroatoms. The number of hydrogen-bond donors (Lipinski definition) is 1. The molecule has 1 aromatic heterocycles. The first-order chi connectivity index (χ1) is 13.0. The van der Waals surface area contributed by atoms with Crippen molar-refractivity contribution in [3.63, 3.8) is 0 Å². The molecule has 0 saturated carbocycles. The fourth-order valence-electron chi connectivity index (χ4n) is 2.30. The molecule has 0 aliphatic carbocycles. The fourth-order valence-corrected chi connectivity index (χ4v) is 2.52. The number of rotatable bonds is 6. The molecule has 1 N–H and O–H groups in total. The van der Waals surface area contributed by atoms with E-state index in [1.54, 1.807) is 42.5 Å². The number of aryl methyl sites for hydroxylation is 1. The van der Waals surface area contributed by atoms with Crippen LogP contribution in [0.25, 0.3) is 11.4 Å². The van der Waals surface area contributed by atoms with Crippen LogP contribution >= 0.6 is 11.6 Å². The summed E-state index contributed by atoms with van der Waals surface area (Å²) in [5, 5.41) is 6.81. The van der Waals surface area contributed by atoms with E-state index >= 15 is 0 Å². The lowest BCUT2D eigenvalue weighted by Crippen LogP contribution is -2.30. The van der Waals surface area contributed by atoms with E-state index < -0.39 is 5.97 Å². The number of esters is 1. The molecule has 138 valence electrons. The average molecular weight is 386 g/mol. The van der Waals surface area contributed by atoms with Crippen LogP contribution in [-0.2, 0) is 16.1 Å². The van der Waals surface area contributed by atoms with Gasteiger partial charge in [0.15, 0.2) is 6.61 Å². The van der Waals surface area contributed by atoms with Gasteiger partial charge in [-0.25, -0.2) is 0 Å². The molecule has 0 aliphatic rings. The van der Waals surface area contributed by atoms with E-state index in [0.29, 0.717) is 22.0 Å². The Hall–Kier alpha value is -3.19. The van der Waals surface area contributed by atoms with E-state index in [9.17, 15) is 9.59 Å². The predicted octanol–water partition coefficient (Wildman–Crippen LogP) is 3.17. The number of carbonyl (C=O) groups excluding carboxylic acids is 2. The maximum Gasteiger partial charge on any atom is 0.325 e. The van der Waals surface area contributed by atoms with Gasteiger partial charge in [-0.05, 0) is 31.2 Å². The number of aromatic nitrogens is 2. The molecule has 0 fully saturated rings. The van der Waals surface area contributed by atoms with Crippen molar-refractivity contribution >= 4 is 23.5 Å². The van der Waals surface area contributed by atoms with Crippen molar-refractivity contribution in [2.45, 2.75) is 13.5 Å². The molecule has 2 aromatic carbocycles. The van der Waals surface area contributed by atoms with Crippen molar-refractivity contribution in [2.75, 3.05) is 6.54 Å². The minimum Gasteiger partial charge on any atom is -0.454 e. The number of hydrogen-bond acceptors (Lipinski definition) is 6. The third-order valence-electron chi connectivity index (χ3n) is 3.61. The van der Waals surface area contributed by atoms with Crippen molar-refractivity contribution in [1.82, 2.24) is 15.5 Å². The minimum absolute atomic E-state index is 0.128. The summed E-state index contributed by atoms with van der Waals surface area (Å²) in [7, 11) is 0. The zero-order valence-corrected chi connectivity index (χ0v) is 15.2. The fraction of sp³-hybridized carbons (Fsp3) is 0.158. The van der Waals surface area contributed by atoms with Crippen molar-refractivity contribution in [3.8, 4) is 11.4 Å². The lowest BCUT2D eigenvalue weighted by molar-refractivity contribution is -0.144. The Kier molecular flexibility index (Phi) is 5.83.